The van der Waals surface area contributed by atoms with Crippen molar-refractivity contribution in [1.29, 1.82) is 0 Å². The van der Waals surface area contributed by atoms with Crippen molar-refractivity contribution in [3.8, 4) is 11.5 Å². The summed E-state index contributed by atoms with van der Waals surface area (Å²) in [5, 5.41) is 10.9. The van der Waals surface area contributed by atoms with Gasteiger partial charge in [-0.3, -0.25) is 4.79 Å². The zero-order chi connectivity index (χ0) is 23.5. The molecule has 1 amide bonds. The minimum Gasteiger partial charge on any atom is -0.503 e. The van der Waals surface area contributed by atoms with Gasteiger partial charge >= 0.3 is 0 Å². The summed E-state index contributed by atoms with van der Waals surface area (Å²) < 4.78 is 10.7. The number of aliphatic hydroxyl groups is 1. The first-order chi connectivity index (χ1) is 15.9. The fourth-order valence-corrected chi connectivity index (χ4v) is 4.29. The number of nitrogens with zero attached hydrogens (tertiary/aromatic N) is 1. The minimum atomic E-state index is -0.360. The van der Waals surface area contributed by atoms with Crippen molar-refractivity contribution in [2.45, 2.75) is 26.3 Å². The van der Waals surface area contributed by atoms with Crippen LogP contribution in [0.4, 0.5) is 0 Å². The lowest BCUT2D eigenvalue weighted by molar-refractivity contribution is -0.129. The van der Waals surface area contributed by atoms with Crippen molar-refractivity contribution in [3.05, 3.63) is 100 Å². The molecule has 5 nitrogen and oxygen atoms in total. The van der Waals surface area contributed by atoms with Gasteiger partial charge in [-0.25, -0.2) is 0 Å². The molecule has 5 heteroatoms. The van der Waals surface area contributed by atoms with Crippen molar-refractivity contribution in [1.82, 2.24) is 4.90 Å². The smallest absolute Gasteiger partial charge is 0.289 e. The third-order valence-electron chi connectivity index (χ3n) is 6.15. The minimum absolute atomic E-state index is 0.184. The van der Waals surface area contributed by atoms with Gasteiger partial charge in [-0.15, -0.1) is 0 Å². The molecule has 0 fully saturated rings. The number of carbonyl (C=O) groups excluding carboxylic acids is 1. The van der Waals surface area contributed by atoms with Crippen LogP contribution in [0.25, 0.3) is 5.57 Å². The van der Waals surface area contributed by atoms with E-state index in [9.17, 15) is 9.90 Å². The van der Waals surface area contributed by atoms with E-state index >= 15 is 0 Å². The van der Waals surface area contributed by atoms with E-state index in [-0.39, 0.29) is 17.7 Å². The summed E-state index contributed by atoms with van der Waals surface area (Å²) in [6.07, 6.45) is 0.614. The van der Waals surface area contributed by atoms with Crippen LogP contribution in [-0.2, 0) is 11.2 Å². The van der Waals surface area contributed by atoms with Gasteiger partial charge in [-0.05, 0) is 49.1 Å². The molecule has 0 spiro atoms. The Balaban J connectivity index is 1.68. The largest absolute Gasteiger partial charge is 0.503 e. The number of benzene rings is 3. The Hall–Kier alpha value is -3.73. The van der Waals surface area contributed by atoms with E-state index in [1.54, 1.807) is 19.1 Å². The van der Waals surface area contributed by atoms with Crippen molar-refractivity contribution in [3.63, 3.8) is 0 Å². The molecule has 1 atom stereocenters. The van der Waals surface area contributed by atoms with E-state index < -0.39 is 0 Å². The van der Waals surface area contributed by atoms with Crippen LogP contribution in [-0.4, -0.2) is 36.7 Å². The Labute approximate surface area is 194 Å². The molecule has 3 aromatic carbocycles. The molecule has 0 radical (unpaired) electrons. The molecule has 0 unspecified atom stereocenters. The zero-order valence-electron chi connectivity index (χ0n) is 19.5. The molecular weight excluding hydrogens is 414 g/mol. The van der Waals surface area contributed by atoms with Gasteiger partial charge < -0.3 is 19.5 Å². The molecule has 170 valence electrons. The highest BCUT2D eigenvalue weighted by Gasteiger charge is 2.40. The zero-order valence-corrected chi connectivity index (χ0v) is 19.5. The first-order valence-electron chi connectivity index (χ1n) is 11.0. The van der Waals surface area contributed by atoms with E-state index in [1.165, 1.54) is 0 Å². The molecule has 1 aliphatic rings. The van der Waals surface area contributed by atoms with Crippen LogP contribution in [0.2, 0.25) is 0 Å². The van der Waals surface area contributed by atoms with Gasteiger partial charge in [0.05, 0.1) is 20.3 Å². The normalized spacial score (nSPS) is 15.8. The third-order valence-corrected chi connectivity index (χ3v) is 6.15. The molecule has 1 aliphatic heterocycles. The number of aliphatic hydroxyl groups excluding tert-OH is 1. The molecular formula is C28H29NO4. The monoisotopic (exact) mass is 443 g/mol. The Morgan fingerprint density at radius 2 is 1.45 bits per heavy atom. The van der Waals surface area contributed by atoms with Gasteiger partial charge in [0, 0.05) is 12.1 Å². The predicted octanol–water partition coefficient (Wildman–Crippen LogP) is 5.42. The van der Waals surface area contributed by atoms with Gasteiger partial charge in [0.1, 0.15) is 0 Å². The number of carbonyl (C=O) groups is 1. The van der Waals surface area contributed by atoms with Crippen molar-refractivity contribution in [2.75, 3.05) is 20.8 Å². The summed E-state index contributed by atoms with van der Waals surface area (Å²) in [5.41, 5.74) is 5.76. The van der Waals surface area contributed by atoms with E-state index in [1.807, 2.05) is 80.6 Å². The summed E-state index contributed by atoms with van der Waals surface area (Å²) in [5.74, 6) is 0.782. The standard InChI is InChI=1S/C28H29NO4/c1-18-5-10-21(11-6-18)25-26(22-12-7-19(2)8-13-22)29(28(31)27(25)30)16-15-20-9-14-23(32-3)24(17-20)33-4/h5-14,17,26,30H,15-16H2,1-4H3/t26-/m0/s1. The second-order valence-corrected chi connectivity index (χ2v) is 8.38. The first-order valence-corrected chi connectivity index (χ1v) is 11.0. The van der Waals surface area contributed by atoms with Crippen LogP contribution in [0.5, 0.6) is 11.5 Å². The number of hydrogen-bond donors (Lipinski definition) is 1. The molecule has 1 heterocycles. The number of ether oxygens (including phenoxy) is 2. The number of amides is 1. The SMILES string of the molecule is COc1ccc(CCN2C(=O)C(O)=C(c3ccc(C)cc3)[C@@H]2c2ccc(C)cc2)cc1OC. The molecule has 0 saturated heterocycles. The Kier molecular flexibility index (Phi) is 6.40. The lowest BCUT2D eigenvalue weighted by atomic mass is 9.92. The highest BCUT2D eigenvalue weighted by atomic mass is 16.5. The van der Waals surface area contributed by atoms with E-state index in [2.05, 4.69) is 0 Å². The quantitative estimate of drug-likeness (QED) is 0.530. The molecule has 3 aromatic rings. The number of aryl methyl sites for hydroxylation is 2. The summed E-state index contributed by atoms with van der Waals surface area (Å²) in [6.45, 7) is 4.50. The van der Waals surface area contributed by atoms with E-state index in [4.69, 9.17) is 9.47 Å². The Morgan fingerprint density at radius 3 is 2.06 bits per heavy atom. The Morgan fingerprint density at radius 1 is 0.848 bits per heavy atom. The van der Waals surface area contributed by atoms with E-state index in [0.717, 1.165) is 27.8 Å². The van der Waals surface area contributed by atoms with Crippen LogP contribution >= 0.6 is 0 Å². The maximum absolute atomic E-state index is 13.2. The van der Waals surface area contributed by atoms with Crippen LogP contribution < -0.4 is 9.47 Å². The van der Waals surface area contributed by atoms with Crippen molar-refractivity contribution in [2.24, 2.45) is 0 Å². The number of rotatable bonds is 7. The highest BCUT2D eigenvalue weighted by Crippen LogP contribution is 2.43. The lowest BCUT2D eigenvalue weighted by Crippen LogP contribution is -2.32. The van der Waals surface area contributed by atoms with Gasteiger partial charge in [-0.1, -0.05) is 65.7 Å². The van der Waals surface area contributed by atoms with Gasteiger partial charge in [0.25, 0.3) is 5.91 Å². The molecule has 0 saturated carbocycles. The second-order valence-electron chi connectivity index (χ2n) is 8.38. The number of methoxy groups -OCH3 is 2. The predicted molar refractivity (Wildman–Crippen MR) is 130 cm³/mol. The second kappa shape index (κ2) is 9.41. The summed E-state index contributed by atoms with van der Waals surface area (Å²) in [6, 6.07) is 21.5. The van der Waals surface area contributed by atoms with Gasteiger partial charge in [-0.2, -0.15) is 0 Å². The number of hydrogen-bond acceptors (Lipinski definition) is 4. The van der Waals surface area contributed by atoms with Gasteiger partial charge in [0.15, 0.2) is 17.3 Å². The molecule has 0 aromatic heterocycles. The van der Waals surface area contributed by atoms with Crippen LogP contribution in [0.15, 0.2) is 72.5 Å². The third kappa shape index (κ3) is 4.44. The van der Waals surface area contributed by atoms with Crippen molar-refractivity contribution >= 4 is 11.5 Å². The van der Waals surface area contributed by atoms with E-state index in [0.29, 0.717) is 30.0 Å². The maximum Gasteiger partial charge on any atom is 0.289 e. The average Bonchev–Trinajstić information content (AvgIpc) is 3.08. The Bertz CT molecular complexity index is 1180. The van der Waals surface area contributed by atoms with Crippen molar-refractivity contribution < 1.29 is 19.4 Å². The highest BCUT2D eigenvalue weighted by molar-refractivity contribution is 6.05. The topological polar surface area (TPSA) is 59.0 Å². The summed E-state index contributed by atoms with van der Waals surface area (Å²) >= 11 is 0. The first kappa shape index (κ1) is 22.5. The fraction of sp³-hybridized carbons (Fsp3) is 0.250. The molecule has 33 heavy (non-hydrogen) atoms. The van der Waals surface area contributed by atoms with Crippen LogP contribution in [0.1, 0.15) is 33.9 Å². The summed E-state index contributed by atoms with van der Waals surface area (Å²) in [7, 11) is 3.21. The average molecular weight is 444 g/mol. The molecule has 0 aliphatic carbocycles. The molecule has 0 bridgehead atoms. The molecule has 4 rings (SSSR count). The fourth-order valence-electron chi connectivity index (χ4n) is 4.29. The van der Waals surface area contributed by atoms with Gasteiger partial charge in [0.2, 0.25) is 0 Å². The van der Waals surface area contributed by atoms with Crippen LogP contribution in [0.3, 0.4) is 0 Å². The molecule has 1 N–H and O–H groups in total. The maximum atomic E-state index is 13.2. The van der Waals surface area contributed by atoms with Crippen LogP contribution in [0, 0.1) is 13.8 Å². The summed E-state index contributed by atoms with van der Waals surface area (Å²) in [4.78, 5) is 15.0. The lowest BCUT2D eigenvalue weighted by Gasteiger charge is -2.27.